The van der Waals surface area contributed by atoms with Gasteiger partial charge < -0.3 is 16.0 Å². The molecule has 0 aliphatic rings. The molecule has 0 saturated heterocycles. The van der Waals surface area contributed by atoms with Crippen LogP contribution in [-0.4, -0.2) is 23.5 Å². The second kappa shape index (κ2) is 13.7. The molecule has 5 aromatic rings. The Morgan fingerprint density at radius 1 is 0.738 bits per heavy atom. The molecule has 208 valence electrons. The molecule has 0 spiro atoms. The van der Waals surface area contributed by atoms with Crippen molar-refractivity contribution in [1.82, 2.24) is 5.32 Å². The van der Waals surface area contributed by atoms with E-state index in [-0.39, 0.29) is 17.4 Å². The van der Waals surface area contributed by atoms with Crippen molar-refractivity contribution in [3.63, 3.8) is 0 Å². The van der Waals surface area contributed by atoms with Crippen LogP contribution in [0.2, 0.25) is 5.02 Å². The summed E-state index contributed by atoms with van der Waals surface area (Å²) >= 11 is 7.67. The van der Waals surface area contributed by atoms with E-state index >= 15 is 0 Å². The molecule has 0 bridgehead atoms. The topological polar surface area (TPSA) is 87.3 Å². The molecule has 42 heavy (non-hydrogen) atoms. The van der Waals surface area contributed by atoms with Gasteiger partial charge in [-0.05, 0) is 59.5 Å². The largest absolute Gasteiger partial charge is 0.325 e. The van der Waals surface area contributed by atoms with E-state index in [1.54, 1.807) is 66.7 Å². The van der Waals surface area contributed by atoms with Gasteiger partial charge in [0.15, 0.2) is 0 Å². The predicted molar refractivity (Wildman–Crippen MR) is 172 cm³/mol. The van der Waals surface area contributed by atoms with Crippen molar-refractivity contribution in [2.24, 2.45) is 0 Å². The quantitative estimate of drug-likeness (QED) is 0.121. The molecule has 3 amide bonds. The highest BCUT2D eigenvalue weighted by Crippen LogP contribution is 2.26. The third-order valence-corrected chi connectivity index (χ3v) is 7.60. The normalized spacial score (nSPS) is 11.1. The maximum Gasteiger partial charge on any atom is 0.272 e. The van der Waals surface area contributed by atoms with E-state index in [9.17, 15) is 14.4 Å². The third-order valence-electron chi connectivity index (χ3n) is 6.26. The van der Waals surface area contributed by atoms with E-state index in [2.05, 4.69) is 16.0 Å². The molecule has 0 radical (unpaired) electrons. The van der Waals surface area contributed by atoms with Crippen molar-refractivity contribution in [3.8, 4) is 0 Å². The average molecular weight is 592 g/mol. The molecular weight excluding hydrogens is 566 g/mol. The fraction of sp³-hybridized carbons (Fsp3) is 0.0294. The predicted octanol–water partition coefficient (Wildman–Crippen LogP) is 7.63. The minimum absolute atomic E-state index is 0.0319. The molecule has 3 N–H and O–H groups in total. The maximum absolute atomic E-state index is 13.4. The first-order chi connectivity index (χ1) is 20.5. The van der Waals surface area contributed by atoms with Crippen molar-refractivity contribution in [2.45, 2.75) is 4.90 Å². The Balaban J connectivity index is 1.27. The molecular formula is C34H26ClN3O3S. The summed E-state index contributed by atoms with van der Waals surface area (Å²) < 4.78 is 0. The van der Waals surface area contributed by atoms with E-state index in [1.165, 1.54) is 17.8 Å². The summed E-state index contributed by atoms with van der Waals surface area (Å²) in [5, 5.41) is 11.0. The summed E-state index contributed by atoms with van der Waals surface area (Å²) in [5.41, 5.74) is 2.30. The van der Waals surface area contributed by atoms with Gasteiger partial charge in [0.1, 0.15) is 5.70 Å². The zero-order chi connectivity index (χ0) is 29.3. The number of rotatable bonds is 9. The Kier molecular flexibility index (Phi) is 9.33. The van der Waals surface area contributed by atoms with Gasteiger partial charge in [-0.15, -0.1) is 11.8 Å². The van der Waals surface area contributed by atoms with Gasteiger partial charge in [-0.1, -0.05) is 90.5 Å². The van der Waals surface area contributed by atoms with Crippen LogP contribution in [0.5, 0.6) is 0 Å². The molecule has 8 heteroatoms. The molecule has 0 fully saturated rings. The van der Waals surface area contributed by atoms with Crippen molar-refractivity contribution in [3.05, 3.63) is 143 Å². The lowest BCUT2D eigenvalue weighted by molar-refractivity contribution is -0.114. The van der Waals surface area contributed by atoms with Crippen LogP contribution in [0, 0.1) is 0 Å². The molecule has 0 atom stereocenters. The second-order valence-corrected chi connectivity index (χ2v) is 10.7. The van der Waals surface area contributed by atoms with Crippen LogP contribution in [0.25, 0.3) is 16.8 Å². The number of anilines is 2. The summed E-state index contributed by atoms with van der Waals surface area (Å²) in [5.74, 6) is -0.897. The molecule has 6 nitrogen and oxygen atoms in total. The summed E-state index contributed by atoms with van der Waals surface area (Å²) in [7, 11) is 0. The van der Waals surface area contributed by atoms with E-state index in [0.29, 0.717) is 21.8 Å². The van der Waals surface area contributed by atoms with Gasteiger partial charge >= 0.3 is 0 Å². The lowest BCUT2D eigenvalue weighted by Gasteiger charge is -2.13. The van der Waals surface area contributed by atoms with E-state index < -0.39 is 11.8 Å². The Morgan fingerprint density at radius 2 is 1.45 bits per heavy atom. The van der Waals surface area contributed by atoms with Gasteiger partial charge in [0.25, 0.3) is 11.8 Å². The fourth-order valence-corrected chi connectivity index (χ4v) is 5.17. The van der Waals surface area contributed by atoms with E-state index in [4.69, 9.17) is 11.6 Å². The highest BCUT2D eigenvalue weighted by atomic mass is 35.5. The van der Waals surface area contributed by atoms with Gasteiger partial charge in [-0.25, -0.2) is 0 Å². The first-order valence-electron chi connectivity index (χ1n) is 13.1. The van der Waals surface area contributed by atoms with Crippen molar-refractivity contribution < 1.29 is 14.4 Å². The molecule has 0 saturated carbocycles. The number of carbonyl (C=O) groups is 3. The van der Waals surface area contributed by atoms with Crippen LogP contribution in [0.15, 0.2) is 132 Å². The second-order valence-electron chi connectivity index (χ2n) is 9.25. The Labute approximate surface area is 252 Å². The number of hydrogen-bond donors (Lipinski definition) is 3. The zero-order valence-electron chi connectivity index (χ0n) is 22.3. The number of halogens is 1. The van der Waals surface area contributed by atoms with E-state index in [1.807, 2.05) is 54.6 Å². The molecule has 5 aromatic carbocycles. The van der Waals surface area contributed by atoms with Crippen LogP contribution in [0.4, 0.5) is 11.4 Å². The minimum atomic E-state index is -0.518. The summed E-state index contributed by atoms with van der Waals surface area (Å²) in [6, 6.07) is 36.5. The van der Waals surface area contributed by atoms with Gasteiger partial charge in [0, 0.05) is 32.2 Å². The highest BCUT2D eigenvalue weighted by molar-refractivity contribution is 8.00. The van der Waals surface area contributed by atoms with Gasteiger partial charge in [0.2, 0.25) is 5.91 Å². The van der Waals surface area contributed by atoms with Crippen molar-refractivity contribution in [2.75, 3.05) is 16.4 Å². The maximum atomic E-state index is 13.4. The Bertz CT molecular complexity index is 1780. The monoisotopic (exact) mass is 591 g/mol. The average Bonchev–Trinajstić information content (AvgIpc) is 3.01. The zero-order valence-corrected chi connectivity index (χ0v) is 23.9. The lowest BCUT2D eigenvalue weighted by Crippen LogP contribution is -2.30. The molecule has 0 heterocycles. The first-order valence-corrected chi connectivity index (χ1v) is 14.5. The SMILES string of the molecule is O=C(CSc1cccc(NC(=O)/C(=C\c2ccccc2Cl)NC(=O)c2ccccc2)c1)Nc1cccc2ccccc12. The lowest BCUT2D eigenvalue weighted by atomic mass is 10.1. The van der Waals surface area contributed by atoms with Crippen LogP contribution in [0.3, 0.4) is 0 Å². The van der Waals surface area contributed by atoms with Gasteiger partial charge in [0.05, 0.1) is 5.75 Å². The third kappa shape index (κ3) is 7.46. The smallest absolute Gasteiger partial charge is 0.272 e. The summed E-state index contributed by atoms with van der Waals surface area (Å²) in [6.45, 7) is 0. The number of fused-ring (bicyclic) bond motifs is 1. The number of amides is 3. The van der Waals surface area contributed by atoms with Gasteiger partial charge in [-0.3, -0.25) is 14.4 Å². The number of carbonyl (C=O) groups excluding carboxylic acids is 3. The molecule has 0 aromatic heterocycles. The first kappa shape index (κ1) is 28.7. The van der Waals surface area contributed by atoms with Crippen LogP contribution in [-0.2, 0) is 9.59 Å². The standard InChI is InChI=1S/C34H26ClN3O3S/c35-29-18-7-5-13-25(29)20-31(38-33(40)24-11-2-1-3-12-24)34(41)36-26-15-9-16-27(21-26)42-22-32(39)37-30-19-8-14-23-10-4-6-17-28(23)30/h1-21H,22H2,(H,36,41)(H,37,39)(H,38,40)/b31-20+. The minimum Gasteiger partial charge on any atom is -0.325 e. The number of hydrogen-bond acceptors (Lipinski definition) is 4. The number of nitrogens with one attached hydrogen (secondary N) is 3. The summed E-state index contributed by atoms with van der Waals surface area (Å²) in [6.07, 6.45) is 1.54. The highest BCUT2D eigenvalue weighted by Gasteiger charge is 2.16. The number of thioether (sulfide) groups is 1. The molecule has 0 aliphatic heterocycles. The van der Waals surface area contributed by atoms with Crippen LogP contribution >= 0.6 is 23.4 Å². The molecule has 5 rings (SSSR count). The van der Waals surface area contributed by atoms with Crippen LogP contribution < -0.4 is 16.0 Å². The van der Waals surface area contributed by atoms with Crippen molar-refractivity contribution in [1.29, 1.82) is 0 Å². The Hall–Kier alpha value is -4.85. The van der Waals surface area contributed by atoms with Crippen molar-refractivity contribution >= 4 is 69.3 Å². The van der Waals surface area contributed by atoms with Crippen LogP contribution in [0.1, 0.15) is 15.9 Å². The molecule has 0 unspecified atom stereocenters. The number of benzene rings is 5. The fourth-order valence-electron chi connectivity index (χ4n) is 4.22. The van der Waals surface area contributed by atoms with Gasteiger partial charge in [-0.2, -0.15) is 0 Å². The summed E-state index contributed by atoms with van der Waals surface area (Å²) in [4.78, 5) is 39.8. The molecule has 0 aliphatic carbocycles. The van der Waals surface area contributed by atoms with E-state index in [0.717, 1.165) is 21.4 Å². The Morgan fingerprint density at radius 3 is 2.29 bits per heavy atom.